The van der Waals surface area contributed by atoms with E-state index in [0.717, 1.165) is 21.6 Å². The maximum atomic E-state index is 7.08. The van der Waals surface area contributed by atoms with E-state index in [1.54, 1.807) is 6.33 Å². The molecule has 0 aliphatic carbocycles. The molecule has 5 rings (SSSR count). The second kappa shape index (κ2) is 8.52. The van der Waals surface area contributed by atoms with Crippen molar-refractivity contribution < 1.29 is 4.52 Å². The molecule has 32 heavy (non-hydrogen) atoms. The molecule has 160 valence electrons. The summed E-state index contributed by atoms with van der Waals surface area (Å²) in [5.41, 5.74) is 1.46. The molecule has 2 aromatic heterocycles. The number of aromatic nitrogens is 4. The van der Waals surface area contributed by atoms with Crippen LogP contribution in [-0.2, 0) is 0 Å². The molecule has 0 atom stereocenters. The van der Waals surface area contributed by atoms with Crippen LogP contribution in [0.1, 0.15) is 19.9 Å². The predicted octanol–water partition coefficient (Wildman–Crippen LogP) is 4.43. The van der Waals surface area contributed by atoms with Crippen molar-refractivity contribution in [2.75, 3.05) is 0 Å². The molecule has 0 N–H and O–H groups in total. The number of hydrogen-bond donors (Lipinski definition) is 0. The van der Waals surface area contributed by atoms with Gasteiger partial charge in [0.25, 0.3) is 0 Å². The average molecular weight is 440 g/mol. The summed E-state index contributed by atoms with van der Waals surface area (Å²) in [6, 6.07) is 31.6. The van der Waals surface area contributed by atoms with Crippen LogP contribution in [-0.4, -0.2) is 19.5 Å². The summed E-state index contributed by atoms with van der Waals surface area (Å²) in [4.78, 5) is 13.7. The molecular weight excluding hydrogens is 415 g/mol. The van der Waals surface area contributed by atoms with Crippen LogP contribution in [0.3, 0.4) is 0 Å². The van der Waals surface area contributed by atoms with Crippen LogP contribution in [0, 0.1) is 0 Å². The fourth-order valence-corrected chi connectivity index (χ4v) is 7.90. The summed E-state index contributed by atoms with van der Waals surface area (Å²) in [7, 11) is -2.94. The van der Waals surface area contributed by atoms with Gasteiger partial charge in [-0.1, -0.05) is 0 Å². The molecule has 0 unspecified atom stereocenters. The van der Waals surface area contributed by atoms with Gasteiger partial charge in [-0.25, -0.2) is 0 Å². The third-order valence-electron chi connectivity index (χ3n) is 5.67. The third kappa shape index (κ3) is 3.45. The van der Waals surface area contributed by atoms with Gasteiger partial charge < -0.3 is 0 Å². The van der Waals surface area contributed by atoms with Crippen molar-refractivity contribution in [3.8, 4) is 5.88 Å². The monoisotopic (exact) mass is 440 g/mol. The van der Waals surface area contributed by atoms with Crippen molar-refractivity contribution in [2.24, 2.45) is 0 Å². The normalized spacial score (nSPS) is 12.2. The molecule has 5 nitrogen and oxygen atoms in total. The van der Waals surface area contributed by atoms with E-state index in [9.17, 15) is 0 Å². The molecule has 0 saturated carbocycles. The molecule has 6 heteroatoms. The van der Waals surface area contributed by atoms with Gasteiger partial charge in [-0.15, -0.1) is 0 Å². The van der Waals surface area contributed by atoms with Gasteiger partial charge in [0.05, 0.1) is 0 Å². The van der Waals surface area contributed by atoms with Crippen molar-refractivity contribution in [1.82, 2.24) is 19.5 Å². The predicted molar refractivity (Wildman–Crippen MR) is 133 cm³/mol. The molecule has 0 amide bonds. The molecule has 0 aliphatic rings. The van der Waals surface area contributed by atoms with E-state index < -0.39 is 7.49 Å². The van der Waals surface area contributed by atoms with Crippen LogP contribution in [0.4, 0.5) is 0 Å². The number of rotatable bonds is 6. The molecule has 0 saturated heterocycles. The molecule has 0 radical (unpaired) electrons. The first-order valence-electron chi connectivity index (χ1n) is 10.7. The van der Waals surface area contributed by atoms with Crippen LogP contribution in [0.5, 0.6) is 5.88 Å². The average Bonchev–Trinajstić information content (AvgIpc) is 3.30. The van der Waals surface area contributed by atoms with Gasteiger partial charge >= 0.3 is 188 Å². The molecule has 0 bridgehead atoms. The second-order valence-corrected chi connectivity index (χ2v) is 11.3. The fourth-order valence-electron chi connectivity index (χ4n) is 4.12. The van der Waals surface area contributed by atoms with Gasteiger partial charge in [0.2, 0.25) is 0 Å². The first kappa shape index (κ1) is 20.3. The zero-order valence-electron chi connectivity index (χ0n) is 18.1. The van der Waals surface area contributed by atoms with Gasteiger partial charge in [-0.2, -0.15) is 0 Å². The summed E-state index contributed by atoms with van der Waals surface area (Å²) in [5, 5.41) is 3.44. The summed E-state index contributed by atoms with van der Waals surface area (Å²) in [6.07, 6.45) is 3.38. The van der Waals surface area contributed by atoms with Crippen LogP contribution in [0.2, 0.25) is 0 Å². The Balaban J connectivity index is 1.79. The Labute approximate surface area is 188 Å². The van der Waals surface area contributed by atoms with Gasteiger partial charge in [0, 0.05) is 0 Å². The number of benzene rings is 3. The first-order valence-corrected chi connectivity index (χ1v) is 12.6. The summed E-state index contributed by atoms with van der Waals surface area (Å²) in [6.45, 7) is 4.22. The topological polar surface area (TPSA) is 52.8 Å². The molecule has 5 aromatic rings. The molecule has 0 aliphatic heterocycles. The Kier molecular flexibility index (Phi) is 5.42. The summed E-state index contributed by atoms with van der Waals surface area (Å²) in [5.74, 6) is 0.512. The molecule has 2 heterocycles. The second-order valence-electron chi connectivity index (χ2n) is 7.98. The van der Waals surface area contributed by atoms with E-state index in [1.807, 2.05) is 29.1 Å². The Hall–Kier alpha value is -3.56. The molecule has 3 aromatic carbocycles. The van der Waals surface area contributed by atoms with E-state index in [0.29, 0.717) is 11.4 Å². The van der Waals surface area contributed by atoms with Crippen LogP contribution in [0.15, 0.2) is 104 Å². The van der Waals surface area contributed by atoms with Crippen LogP contribution in [0.25, 0.3) is 11.2 Å². The van der Waals surface area contributed by atoms with Crippen molar-refractivity contribution in [2.45, 2.75) is 19.9 Å². The van der Waals surface area contributed by atoms with Crippen LogP contribution >= 0.6 is 7.49 Å². The van der Waals surface area contributed by atoms with E-state index in [4.69, 9.17) is 4.52 Å². The van der Waals surface area contributed by atoms with E-state index in [2.05, 4.69) is 102 Å². The maximum absolute atomic E-state index is 7.08. The zero-order valence-corrected chi connectivity index (χ0v) is 19.1. The van der Waals surface area contributed by atoms with Gasteiger partial charge in [-0.3, -0.25) is 0 Å². The minimum absolute atomic E-state index is 0.238. The van der Waals surface area contributed by atoms with Gasteiger partial charge in [0.1, 0.15) is 0 Å². The molecule has 0 spiro atoms. The SMILES string of the molecule is CC(C)n1cnc2c(O[PH](c3ccccc3)(c3ccccc3)c3ccccc3)ncnc21. The van der Waals surface area contributed by atoms with Crippen molar-refractivity contribution in [3.63, 3.8) is 0 Å². The third-order valence-corrected chi connectivity index (χ3v) is 9.61. The number of nitrogens with zero attached hydrogens (tertiary/aromatic N) is 4. The fraction of sp³-hybridized carbons (Fsp3) is 0.115. The number of hydrogen-bond acceptors (Lipinski definition) is 4. The quantitative estimate of drug-likeness (QED) is 0.367. The standard InChI is InChI=1S/C26H25N4OP/c1-20(2)30-19-29-24-25(30)27-18-28-26(24)31-32(21-12-6-3-7-13-21,22-14-8-4-9-15-22)23-16-10-5-11-17-23/h3-20,32H,1-2H3. The van der Waals surface area contributed by atoms with Crippen LogP contribution < -0.4 is 20.4 Å². The van der Waals surface area contributed by atoms with Crippen molar-refractivity contribution >= 4 is 34.6 Å². The molecular formula is C26H25N4OP. The van der Waals surface area contributed by atoms with Gasteiger partial charge in [0.15, 0.2) is 0 Å². The Bertz CT molecular complexity index is 1220. The summed E-state index contributed by atoms with van der Waals surface area (Å²) < 4.78 is 9.12. The van der Waals surface area contributed by atoms with E-state index in [1.165, 1.54) is 0 Å². The van der Waals surface area contributed by atoms with E-state index >= 15 is 0 Å². The Morgan fingerprint density at radius 2 is 1.19 bits per heavy atom. The van der Waals surface area contributed by atoms with Crippen molar-refractivity contribution in [1.29, 1.82) is 0 Å². The first-order chi connectivity index (χ1) is 15.7. The van der Waals surface area contributed by atoms with Gasteiger partial charge in [-0.05, 0) is 0 Å². The Morgan fingerprint density at radius 3 is 1.66 bits per heavy atom. The van der Waals surface area contributed by atoms with Crippen molar-refractivity contribution in [3.05, 3.63) is 104 Å². The minimum atomic E-state index is -2.94. The summed E-state index contributed by atoms with van der Waals surface area (Å²) >= 11 is 0. The number of imidazole rings is 1. The number of fused-ring (bicyclic) bond motifs is 1. The zero-order chi connectivity index (χ0) is 22.0. The van der Waals surface area contributed by atoms with E-state index in [-0.39, 0.29) is 6.04 Å². The Morgan fingerprint density at radius 1 is 0.688 bits per heavy atom. The molecule has 0 fully saturated rings.